The fraction of sp³-hybridized carbons (Fsp3) is 0.0870. The Hall–Kier alpha value is -3.13. The summed E-state index contributed by atoms with van der Waals surface area (Å²) in [5.41, 5.74) is 2.23. The number of nitrogens with zero attached hydrogens (tertiary/aromatic N) is 2. The molecule has 5 nitrogen and oxygen atoms in total. The first kappa shape index (κ1) is 23.2. The first-order chi connectivity index (χ1) is 14.4. The summed E-state index contributed by atoms with van der Waals surface area (Å²) in [5.74, 6) is 2.54. The van der Waals surface area contributed by atoms with Gasteiger partial charge in [-0.25, -0.2) is 4.90 Å². The van der Waals surface area contributed by atoms with Crippen molar-refractivity contribution in [2.45, 2.75) is 6.92 Å². The Labute approximate surface area is 191 Å². The maximum absolute atomic E-state index is 12.0. The van der Waals surface area contributed by atoms with Crippen LogP contribution < -0.4 is 9.64 Å². The van der Waals surface area contributed by atoms with Gasteiger partial charge in [-0.1, -0.05) is 24.1 Å². The number of rotatable bonds is 7. The molecular weight excluding hydrogens is 512 g/mol. The summed E-state index contributed by atoms with van der Waals surface area (Å²) in [5, 5.41) is 9.61. The highest BCUT2D eigenvalue weighted by Gasteiger charge is 2.13. The van der Waals surface area contributed by atoms with Crippen LogP contribution in [0.5, 0.6) is 5.75 Å². The van der Waals surface area contributed by atoms with E-state index in [0.717, 1.165) is 10.5 Å². The van der Waals surface area contributed by atoms with Gasteiger partial charge in [0, 0.05) is 0 Å². The highest BCUT2D eigenvalue weighted by Crippen LogP contribution is 2.36. The normalized spacial score (nSPS) is 10.9. The van der Waals surface area contributed by atoms with Gasteiger partial charge in [0.15, 0.2) is 0 Å². The van der Waals surface area contributed by atoms with E-state index in [1.165, 1.54) is 6.08 Å². The number of hydrogen-bond donors (Lipinski definition) is 0. The molecule has 0 saturated heterocycles. The first-order valence-corrected chi connectivity index (χ1v) is 10.2. The number of halogens is 2. The summed E-state index contributed by atoms with van der Waals surface area (Å²) < 4.78 is 6.87. The maximum atomic E-state index is 12.0. The quantitative estimate of drug-likeness (QED) is 0.160. The third kappa shape index (κ3) is 5.70. The van der Waals surface area contributed by atoms with Crippen LogP contribution in [0.15, 0.2) is 57.5 Å². The van der Waals surface area contributed by atoms with Crippen molar-refractivity contribution in [2.75, 3.05) is 11.5 Å². The average molecular weight is 528 g/mol. The zero-order valence-electron chi connectivity index (χ0n) is 15.9. The van der Waals surface area contributed by atoms with Gasteiger partial charge in [0.1, 0.15) is 12.4 Å². The molecule has 0 aromatic heterocycles. The molecule has 0 aliphatic carbocycles. The molecule has 2 aromatic carbocycles. The highest BCUT2D eigenvalue weighted by molar-refractivity contribution is 9.11. The Balaban J connectivity index is 2.35. The predicted molar refractivity (Wildman–Crippen MR) is 124 cm³/mol. The molecule has 0 N–H and O–H groups in total. The van der Waals surface area contributed by atoms with E-state index in [2.05, 4.69) is 43.8 Å². The molecule has 0 radical (unpaired) electrons. The number of ether oxygens (including phenoxy) is 1. The predicted octanol–water partition coefficient (Wildman–Crippen LogP) is 5.35. The van der Waals surface area contributed by atoms with Crippen LogP contribution in [0.3, 0.4) is 0 Å². The van der Waals surface area contributed by atoms with Gasteiger partial charge in [-0.15, -0.1) is 6.42 Å². The van der Waals surface area contributed by atoms with Gasteiger partial charge in [0.2, 0.25) is 6.41 Å². The number of anilines is 1. The Kier molecular flexibility index (Phi) is 8.61. The van der Waals surface area contributed by atoms with Gasteiger partial charge in [0.05, 0.1) is 26.3 Å². The summed E-state index contributed by atoms with van der Waals surface area (Å²) in [6, 6.07) is 12.4. The fourth-order valence-corrected chi connectivity index (χ4v) is 3.98. The topological polar surface area (TPSA) is 70.4 Å². The molecular formula is C23H16Br2N2O3. The number of hydrogen-bond acceptors (Lipinski definition) is 4. The minimum atomic E-state index is -0.446. The minimum Gasteiger partial charge on any atom is -0.479 e. The van der Waals surface area contributed by atoms with Crippen LogP contribution in [0.1, 0.15) is 18.1 Å². The van der Waals surface area contributed by atoms with Crippen molar-refractivity contribution in [2.24, 2.45) is 0 Å². The summed E-state index contributed by atoms with van der Waals surface area (Å²) in [6.45, 7) is 1.83. The molecule has 0 heterocycles. The second-order valence-corrected chi connectivity index (χ2v) is 7.55. The van der Waals surface area contributed by atoms with Crippen LogP contribution in [0.4, 0.5) is 5.69 Å². The Morgan fingerprint density at radius 1 is 1.23 bits per heavy atom. The molecule has 2 aromatic rings. The second-order valence-electron chi connectivity index (χ2n) is 5.84. The number of nitriles is 1. The van der Waals surface area contributed by atoms with Crippen molar-refractivity contribution in [1.29, 1.82) is 5.26 Å². The molecule has 7 heteroatoms. The van der Waals surface area contributed by atoms with Crippen molar-refractivity contribution in [3.05, 3.63) is 68.6 Å². The highest BCUT2D eigenvalue weighted by atomic mass is 79.9. The average Bonchev–Trinajstić information content (AvgIpc) is 2.73. The van der Waals surface area contributed by atoms with Gasteiger partial charge >= 0.3 is 0 Å². The van der Waals surface area contributed by atoms with Crippen molar-refractivity contribution >= 4 is 61.5 Å². The lowest BCUT2D eigenvalue weighted by Crippen LogP contribution is -2.27. The molecule has 0 aliphatic rings. The van der Waals surface area contributed by atoms with Crippen LogP contribution >= 0.6 is 31.9 Å². The molecule has 0 saturated carbocycles. The molecule has 30 heavy (non-hydrogen) atoms. The Bertz CT molecular complexity index is 1070. The monoisotopic (exact) mass is 526 g/mol. The SMILES string of the molecule is C#CCOc1c(Br)cc(/C=C(\C#N)c2ccc(N(C=O)C(=O)/C=C\C)cc2)cc1Br. The molecule has 0 fully saturated rings. The molecule has 0 spiro atoms. The standard InChI is InChI=1S/C23H16Br2N2O3/c1-3-5-22(29)27(15-28)19-8-6-17(7-9-19)18(14-26)11-16-12-20(24)23(21(25)13-16)30-10-4-2/h2-3,5-9,11-13,15H,10H2,1H3/b5-3-,18-11+. The van der Waals surface area contributed by atoms with Gasteiger partial charge in [0.25, 0.3) is 5.91 Å². The maximum Gasteiger partial charge on any atom is 0.257 e. The van der Waals surface area contributed by atoms with Crippen molar-refractivity contribution in [1.82, 2.24) is 0 Å². The van der Waals surface area contributed by atoms with Crippen molar-refractivity contribution in [3.63, 3.8) is 0 Å². The molecule has 0 bridgehead atoms. The van der Waals surface area contributed by atoms with Crippen LogP contribution in [-0.2, 0) is 9.59 Å². The lowest BCUT2D eigenvalue weighted by Gasteiger charge is -2.14. The third-order valence-corrected chi connectivity index (χ3v) is 5.04. The first-order valence-electron chi connectivity index (χ1n) is 8.63. The largest absolute Gasteiger partial charge is 0.479 e. The Morgan fingerprint density at radius 2 is 1.87 bits per heavy atom. The van der Waals surface area contributed by atoms with Crippen molar-refractivity contribution in [3.8, 4) is 24.2 Å². The molecule has 0 atom stereocenters. The molecule has 2 rings (SSSR count). The van der Waals surface area contributed by atoms with Crippen molar-refractivity contribution < 1.29 is 14.3 Å². The minimum absolute atomic E-state index is 0.135. The number of carbonyl (C=O) groups excluding carboxylic acids is 2. The molecule has 0 aliphatic heterocycles. The third-order valence-electron chi connectivity index (χ3n) is 3.86. The number of amides is 2. The van der Waals surface area contributed by atoms with E-state index in [1.807, 2.05) is 12.1 Å². The van der Waals surface area contributed by atoms with E-state index in [9.17, 15) is 14.9 Å². The van der Waals surface area contributed by atoms with Crippen LogP contribution in [0.2, 0.25) is 0 Å². The summed E-state index contributed by atoms with van der Waals surface area (Å²) in [7, 11) is 0. The number of allylic oxidation sites excluding steroid dienone is 2. The van der Waals surface area contributed by atoms with Gasteiger partial charge in [-0.05, 0) is 86.3 Å². The zero-order valence-corrected chi connectivity index (χ0v) is 19.1. The lowest BCUT2D eigenvalue weighted by molar-refractivity contribution is -0.118. The number of carbonyl (C=O) groups is 2. The van der Waals surface area contributed by atoms with E-state index >= 15 is 0 Å². The van der Waals surface area contributed by atoms with E-state index in [1.54, 1.807) is 43.3 Å². The second kappa shape index (κ2) is 11.2. The van der Waals surface area contributed by atoms with E-state index in [4.69, 9.17) is 11.2 Å². The van der Waals surface area contributed by atoms with E-state index in [-0.39, 0.29) is 6.61 Å². The van der Waals surface area contributed by atoms with Crippen LogP contribution in [-0.4, -0.2) is 18.9 Å². The van der Waals surface area contributed by atoms with E-state index < -0.39 is 5.91 Å². The molecule has 0 unspecified atom stereocenters. The van der Waals surface area contributed by atoms with Gasteiger partial charge < -0.3 is 4.74 Å². The van der Waals surface area contributed by atoms with E-state index in [0.29, 0.717) is 37.9 Å². The summed E-state index contributed by atoms with van der Waals surface area (Å²) >= 11 is 6.89. The lowest BCUT2D eigenvalue weighted by atomic mass is 10.0. The fourth-order valence-electron chi connectivity index (χ4n) is 2.53. The number of benzene rings is 2. The van der Waals surface area contributed by atoms with Gasteiger partial charge in [-0.2, -0.15) is 5.26 Å². The number of terminal acetylenes is 1. The van der Waals surface area contributed by atoms with Crippen LogP contribution in [0, 0.1) is 23.7 Å². The molecule has 2 amide bonds. The Morgan fingerprint density at radius 3 is 2.37 bits per heavy atom. The number of imide groups is 1. The van der Waals surface area contributed by atoms with Gasteiger partial charge in [-0.3, -0.25) is 9.59 Å². The molecule has 150 valence electrons. The summed E-state index contributed by atoms with van der Waals surface area (Å²) in [6.07, 6.45) is 10.3. The zero-order chi connectivity index (χ0) is 22.1. The summed E-state index contributed by atoms with van der Waals surface area (Å²) in [4.78, 5) is 24.2. The smallest absolute Gasteiger partial charge is 0.257 e. The van der Waals surface area contributed by atoms with Crippen LogP contribution in [0.25, 0.3) is 11.6 Å².